The van der Waals surface area contributed by atoms with Crippen molar-refractivity contribution in [2.45, 2.75) is 71.6 Å². The van der Waals surface area contributed by atoms with Crippen LogP contribution in [0.25, 0.3) is 49.9 Å². The molecule has 11 rings (SSSR count). The van der Waals surface area contributed by atoms with Gasteiger partial charge in [-0.05, 0) is 92.7 Å². The van der Waals surface area contributed by atoms with Crippen LogP contribution in [-0.4, -0.2) is 16.2 Å². The molecule has 0 spiro atoms. The lowest BCUT2D eigenvalue weighted by atomic mass is 9.81. The smallest absolute Gasteiger partial charge is 0.137 e. The van der Waals surface area contributed by atoms with E-state index >= 15 is 0 Å². The largest absolute Gasteiger partial charge is 0.457 e. The van der Waals surface area contributed by atoms with Crippen LogP contribution < -0.4 is 14.5 Å². The van der Waals surface area contributed by atoms with Gasteiger partial charge in [0.1, 0.15) is 24.0 Å². The summed E-state index contributed by atoms with van der Waals surface area (Å²) in [5, 5.41) is 2.60. The number of aromatic nitrogens is 2. The van der Waals surface area contributed by atoms with Crippen LogP contribution in [0.4, 0.5) is 22.7 Å². The molecule has 0 radical (unpaired) electrons. The number of fused-ring (bicyclic) bond motifs is 1. The Labute approximate surface area is 377 Å². The summed E-state index contributed by atoms with van der Waals surface area (Å²) in [5.41, 5.74) is 16.4. The van der Waals surface area contributed by atoms with E-state index in [1.54, 1.807) is 0 Å². The lowest BCUT2D eigenvalue weighted by Gasteiger charge is -2.28. The molecule has 1 aliphatic heterocycles. The molecule has 5 nitrogen and oxygen atoms in total. The van der Waals surface area contributed by atoms with Gasteiger partial charge in [0.25, 0.3) is 0 Å². The summed E-state index contributed by atoms with van der Waals surface area (Å²) in [6.07, 6.45) is 1.95. The van der Waals surface area contributed by atoms with Gasteiger partial charge in [0.2, 0.25) is 0 Å². The monoisotopic (exact) mass is 834 g/mol. The number of anilines is 4. The molecule has 0 amide bonds. The molecule has 1 aliphatic carbocycles. The van der Waals surface area contributed by atoms with E-state index in [0.29, 0.717) is 6.67 Å². The Kier molecular flexibility index (Phi) is 8.98. The van der Waals surface area contributed by atoms with Gasteiger partial charge in [-0.25, -0.2) is 4.98 Å². The standard InChI is InChI=1S/C59H54N4O/c1-57(2,3)40-29-30-60-53(33-40)63-51-28-18-25-47-54(51)55-48(59(47,7)8)35-44(36-52(55)63)64-43-32-41(58(4,5)6)31-42(34-43)61-37-62(50-27-16-15-26-49(50)61)56-45(38-19-11-9-12-20-38)23-17-24-46(56)39-21-13-10-14-22-39/h9-36H,37H2,1-8H3. The van der Waals surface area contributed by atoms with Gasteiger partial charge in [-0.2, -0.15) is 0 Å². The molecule has 3 heterocycles. The predicted octanol–water partition coefficient (Wildman–Crippen LogP) is 15.8. The second-order valence-electron chi connectivity index (χ2n) is 20.2. The fraction of sp³-hybridized carbons (Fsp3) is 0.203. The number of pyridine rings is 1. The van der Waals surface area contributed by atoms with Gasteiger partial charge in [0.15, 0.2) is 0 Å². The molecule has 7 aromatic carbocycles. The van der Waals surface area contributed by atoms with Gasteiger partial charge in [-0.15, -0.1) is 0 Å². The third-order valence-corrected chi connectivity index (χ3v) is 13.6. The Morgan fingerprint density at radius 2 is 1.11 bits per heavy atom. The van der Waals surface area contributed by atoms with Gasteiger partial charge in [-0.3, -0.25) is 4.57 Å². The fourth-order valence-electron chi connectivity index (χ4n) is 10.2. The van der Waals surface area contributed by atoms with E-state index in [1.807, 2.05) is 6.20 Å². The lowest BCUT2D eigenvalue weighted by molar-refractivity contribution is 0.477. The molecule has 0 unspecified atom stereocenters. The number of rotatable bonds is 7. The lowest BCUT2D eigenvalue weighted by Crippen LogP contribution is -2.25. The highest BCUT2D eigenvalue weighted by Gasteiger charge is 2.38. The maximum atomic E-state index is 7.19. The van der Waals surface area contributed by atoms with E-state index in [2.05, 4.69) is 234 Å². The molecule has 0 atom stereocenters. The molecule has 0 fully saturated rings. The third-order valence-electron chi connectivity index (χ3n) is 13.6. The first kappa shape index (κ1) is 39.7. The van der Waals surface area contributed by atoms with E-state index < -0.39 is 0 Å². The minimum atomic E-state index is -0.197. The van der Waals surface area contributed by atoms with Crippen molar-refractivity contribution in [3.63, 3.8) is 0 Å². The van der Waals surface area contributed by atoms with Crippen molar-refractivity contribution in [3.8, 4) is 39.6 Å². The highest BCUT2D eigenvalue weighted by molar-refractivity contribution is 6.16. The zero-order valence-corrected chi connectivity index (χ0v) is 38.1. The minimum Gasteiger partial charge on any atom is -0.457 e. The van der Waals surface area contributed by atoms with Gasteiger partial charge >= 0.3 is 0 Å². The maximum absolute atomic E-state index is 7.19. The number of para-hydroxylation sites is 3. The van der Waals surface area contributed by atoms with Crippen molar-refractivity contribution >= 4 is 44.6 Å². The molecular formula is C59H54N4O. The van der Waals surface area contributed by atoms with Gasteiger partial charge < -0.3 is 14.5 Å². The number of benzene rings is 7. The van der Waals surface area contributed by atoms with Crippen LogP contribution in [-0.2, 0) is 16.2 Å². The molecule has 316 valence electrons. The zero-order valence-electron chi connectivity index (χ0n) is 38.1. The van der Waals surface area contributed by atoms with Crippen LogP contribution in [0.2, 0.25) is 0 Å². The van der Waals surface area contributed by atoms with Crippen molar-refractivity contribution < 1.29 is 4.74 Å². The predicted molar refractivity (Wildman–Crippen MR) is 268 cm³/mol. The first-order valence-corrected chi connectivity index (χ1v) is 22.6. The van der Waals surface area contributed by atoms with Crippen molar-refractivity contribution in [1.29, 1.82) is 0 Å². The van der Waals surface area contributed by atoms with Crippen molar-refractivity contribution in [2.24, 2.45) is 0 Å². The van der Waals surface area contributed by atoms with Gasteiger partial charge in [0.05, 0.1) is 28.1 Å². The van der Waals surface area contributed by atoms with Crippen molar-refractivity contribution in [2.75, 3.05) is 16.5 Å². The number of hydrogen-bond donors (Lipinski definition) is 0. The van der Waals surface area contributed by atoms with Crippen molar-refractivity contribution in [3.05, 3.63) is 192 Å². The summed E-state index contributed by atoms with van der Waals surface area (Å²) < 4.78 is 9.53. The quantitative estimate of drug-likeness (QED) is 0.160. The Balaban J connectivity index is 1.05. The number of hydrogen-bond acceptors (Lipinski definition) is 4. The summed E-state index contributed by atoms with van der Waals surface area (Å²) in [5.74, 6) is 2.55. The van der Waals surface area contributed by atoms with Crippen LogP contribution in [0.3, 0.4) is 0 Å². The first-order chi connectivity index (χ1) is 30.8. The summed E-state index contributed by atoms with van der Waals surface area (Å²) in [6, 6.07) is 59.5. The fourth-order valence-corrected chi connectivity index (χ4v) is 10.2. The van der Waals surface area contributed by atoms with E-state index in [9.17, 15) is 0 Å². The van der Waals surface area contributed by atoms with Crippen LogP contribution >= 0.6 is 0 Å². The Hall–Kier alpha value is -7.11. The molecule has 2 aromatic heterocycles. The van der Waals surface area contributed by atoms with Gasteiger partial charge in [-0.1, -0.05) is 159 Å². The summed E-state index contributed by atoms with van der Waals surface area (Å²) >= 11 is 0. The Bertz CT molecular complexity index is 3220. The van der Waals surface area contributed by atoms with E-state index in [4.69, 9.17) is 9.72 Å². The second-order valence-corrected chi connectivity index (χ2v) is 20.2. The Morgan fingerprint density at radius 3 is 1.77 bits per heavy atom. The summed E-state index contributed by atoms with van der Waals surface area (Å²) in [7, 11) is 0. The van der Waals surface area contributed by atoms with E-state index in [0.717, 1.165) is 34.2 Å². The summed E-state index contributed by atoms with van der Waals surface area (Å²) in [6.45, 7) is 18.9. The molecule has 64 heavy (non-hydrogen) atoms. The third kappa shape index (κ3) is 6.39. The van der Waals surface area contributed by atoms with E-state index in [-0.39, 0.29) is 16.2 Å². The topological polar surface area (TPSA) is 33.5 Å². The molecule has 2 aliphatic rings. The van der Waals surface area contributed by atoms with Crippen LogP contribution in [0.5, 0.6) is 11.5 Å². The van der Waals surface area contributed by atoms with Crippen LogP contribution in [0.15, 0.2) is 170 Å². The van der Waals surface area contributed by atoms with Gasteiger partial charge in [0, 0.05) is 51.3 Å². The zero-order chi connectivity index (χ0) is 44.1. The molecule has 9 aromatic rings. The molecule has 0 saturated carbocycles. The first-order valence-electron chi connectivity index (χ1n) is 22.6. The molecule has 0 bridgehead atoms. The molecular weight excluding hydrogens is 781 g/mol. The second kappa shape index (κ2) is 14.5. The normalized spacial score (nSPS) is 14.2. The van der Waals surface area contributed by atoms with Crippen LogP contribution in [0, 0.1) is 0 Å². The maximum Gasteiger partial charge on any atom is 0.137 e. The average Bonchev–Trinajstić information content (AvgIpc) is 3.92. The average molecular weight is 835 g/mol. The molecule has 0 saturated heterocycles. The molecule has 5 heteroatoms. The number of nitrogens with zero attached hydrogens (tertiary/aromatic N) is 4. The highest BCUT2D eigenvalue weighted by Crippen LogP contribution is 2.54. The Morgan fingerprint density at radius 1 is 0.516 bits per heavy atom. The SMILES string of the molecule is CC(C)(C)c1cc(Oc2cc3c4c5c(cccc5n(-c5cc(C(C)(C)C)ccn5)c4c2)C3(C)C)cc(N2CN(c3c(-c4ccccc4)cccc3-c3ccccc3)c3ccccc32)c1. The number of ether oxygens (including phenoxy) is 1. The van der Waals surface area contributed by atoms with Crippen LogP contribution in [0.1, 0.15) is 77.6 Å². The van der Waals surface area contributed by atoms with Crippen molar-refractivity contribution in [1.82, 2.24) is 9.55 Å². The highest BCUT2D eigenvalue weighted by atomic mass is 16.5. The summed E-state index contributed by atoms with van der Waals surface area (Å²) in [4.78, 5) is 9.94. The minimum absolute atomic E-state index is 0.0156. The van der Waals surface area contributed by atoms with E-state index in [1.165, 1.54) is 72.2 Å². The molecule has 0 N–H and O–H groups in total.